The second kappa shape index (κ2) is 2.59. The van der Waals surface area contributed by atoms with Gasteiger partial charge in [-0.15, -0.1) is 0 Å². The third-order valence-electron chi connectivity index (χ3n) is 2.77. The molecule has 0 N–H and O–H groups in total. The standard InChI is InChI=1S/C11H20O/c1-8-7-10(3,4)12-11(5,6)9(8)2/h7H2,1-6H3. The van der Waals surface area contributed by atoms with Crippen LogP contribution >= 0.6 is 0 Å². The number of hydrogen-bond acceptors (Lipinski definition) is 1. The lowest BCUT2D eigenvalue weighted by atomic mass is 9.84. The van der Waals surface area contributed by atoms with Gasteiger partial charge in [-0.25, -0.2) is 0 Å². The summed E-state index contributed by atoms with van der Waals surface area (Å²) in [6.07, 6.45) is 1.06. The fourth-order valence-electron chi connectivity index (χ4n) is 2.09. The van der Waals surface area contributed by atoms with E-state index in [-0.39, 0.29) is 11.2 Å². The van der Waals surface area contributed by atoms with Crippen molar-refractivity contribution in [2.75, 3.05) is 0 Å². The van der Waals surface area contributed by atoms with Crippen LogP contribution in [0.15, 0.2) is 11.1 Å². The summed E-state index contributed by atoms with van der Waals surface area (Å²) in [6, 6.07) is 0. The molecule has 0 saturated carbocycles. The van der Waals surface area contributed by atoms with Crippen LogP contribution in [0.2, 0.25) is 0 Å². The van der Waals surface area contributed by atoms with Crippen molar-refractivity contribution in [3.63, 3.8) is 0 Å². The van der Waals surface area contributed by atoms with Gasteiger partial charge in [0.1, 0.15) is 0 Å². The van der Waals surface area contributed by atoms with Crippen molar-refractivity contribution in [1.82, 2.24) is 0 Å². The summed E-state index contributed by atoms with van der Waals surface area (Å²) in [4.78, 5) is 0. The van der Waals surface area contributed by atoms with Crippen molar-refractivity contribution in [2.24, 2.45) is 0 Å². The average Bonchev–Trinajstić information content (AvgIpc) is 1.79. The first-order valence-corrected chi connectivity index (χ1v) is 4.62. The maximum atomic E-state index is 5.99. The van der Waals surface area contributed by atoms with Gasteiger partial charge in [-0.05, 0) is 53.5 Å². The molecule has 1 heterocycles. The van der Waals surface area contributed by atoms with Crippen molar-refractivity contribution in [3.8, 4) is 0 Å². The summed E-state index contributed by atoms with van der Waals surface area (Å²) >= 11 is 0. The predicted molar refractivity (Wildman–Crippen MR) is 52.2 cm³/mol. The molecule has 1 aliphatic rings. The summed E-state index contributed by atoms with van der Waals surface area (Å²) < 4.78 is 5.99. The Balaban J connectivity index is 3.03. The van der Waals surface area contributed by atoms with Crippen molar-refractivity contribution in [2.45, 2.75) is 59.2 Å². The molecule has 1 rings (SSSR count). The van der Waals surface area contributed by atoms with Gasteiger partial charge in [0.05, 0.1) is 11.2 Å². The lowest BCUT2D eigenvalue weighted by molar-refractivity contribution is -0.113. The SMILES string of the molecule is CC1=C(C)C(C)(C)OC(C)(C)C1. The van der Waals surface area contributed by atoms with Crippen LogP contribution in [0.25, 0.3) is 0 Å². The predicted octanol–water partition coefficient (Wildman–Crippen LogP) is 3.30. The molecular weight excluding hydrogens is 148 g/mol. The fraction of sp³-hybridized carbons (Fsp3) is 0.818. The molecule has 0 amide bonds. The minimum Gasteiger partial charge on any atom is -0.365 e. The monoisotopic (exact) mass is 168 g/mol. The Morgan fingerprint density at radius 1 is 1.08 bits per heavy atom. The summed E-state index contributed by atoms with van der Waals surface area (Å²) in [5.74, 6) is 0. The van der Waals surface area contributed by atoms with E-state index < -0.39 is 0 Å². The molecule has 0 bridgehead atoms. The van der Waals surface area contributed by atoms with E-state index >= 15 is 0 Å². The highest BCUT2D eigenvalue weighted by Gasteiger charge is 2.36. The quantitative estimate of drug-likeness (QED) is 0.504. The topological polar surface area (TPSA) is 9.23 Å². The Kier molecular flexibility index (Phi) is 2.12. The lowest BCUT2D eigenvalue weighted by Gasteiger charge is -2.42. The third-order valence-corrected chi connectivity index (χ3v) is 2.77. The van der Waals surface area contributed by atoms with Gasteiger partial charge in [0.2, 0.25) is 0 Å². The van der Waals surface area contributed by atoms with Crippen LogP contribution in [0.3, 0.4) is 0 Å². The maximum Gasteiger partial charge on any atom is 0.0842 e. The van der Waals surface area contributed by atoms with Crippen molar-refractivity contribution >= 4 is 0 Å². The molecular formula is C11H20O. The molecule has 1 aliphatic heterocycles. The molecule has 0 radical (unpaired) electrons. The minimum absolute atomic E-state index is 0.00704. The highest BCUT2D eigenvalue weighted by Crippen LogP contribution is 2.38. The molecule has 0 fully saturated rings. The summed E-state index contributed by atoms with van der Waals surface area (Å²) in [5, 5.41) is 0. The number of rotatable bonds is 0. The minimum atomic E-state index is -0.0775. The molecule has 1 nitrogen and oxygen atoms in total. The van der Waals surface area contributed by atoms with Crippen LogP contribution in [0.1, 0.15) is 48.0 Å². The largest absolute Gasteiger partial charge is 0.365 e. The number of ether oxygens (including phenoxy) is 1. The van der Waals surface area contributed by atoms with Gasteiger partial charge in [0, 0.05) is 0 Å². The number of hydrogen-bond donors (Lipinski definition) is 0. The van der Waals surface area contributed by atoms with Gasteiger partial charge in [0.25, 0.3) is 0 Å². The van der Waals surface area contributed by atoms with E-state index in [1.807, 2.05) is 0 Å². The average molecular weight is 168 g/mol. The second-order valence-electron chi connectivity index (χ2n) is 4.95. The van der Waals surface area contributed by atoms with E-state index in [2.05, 4.69) is 41.5 Å². The normalized spacial score (nSPS) is 27.5. The lowest BCUT2D eigenvalue weighted by Crippen LogP contribution is -2.42. The Hall–Kier alpha value is -0.300. The van der Waals surface area contributed by atoms with Crippen LogP contribution in [-0.4, -0.2) is 11.2 Å². The van der Waals surface area contributed by atoms with E-state index in [4.69, 9.17) is 4.74 Å². The first-order valence-electron chi connectivity index (χ1n) is 4.62. The molecule has 0 aromatic heterocycles. The van der Waals surface area contributed by atoms with Crippen LogP contribution in [0.5, 0.6) is 0 Å². The van der Waals surface area contributed by atoms with Crippen LogP contribution in [-0.2, 0) is 4.74 Å². The highest BCUT2D eigenvalue weighted by atomic mass is 16.5. The molecule has 1 heteroatoms. The third kappa shape index (κ3) is 1.71. The van der Waals surface area contributed by atoms with E-state index in [9.17, 15) is 0 Å². The van der Waals surface area contributed by atoms with E-state index in [1.165, 1.54) is 11.1 Å². The zero-order valence-electron chi connectivity index (χ0n) is 9.12. The van der Waals surface area contributed by atoms with E-state index in [0.29, 0.717) is 0 Å². The molecule has 70 valence electrons. The van der Waals surface area contributed by atoms with Crippen molar-refractivity contribution in [1.29, 1.82) is 0 Å². The molecule has 0 saturated heterocycles. The Morgan fingerprint density at radius 3 is 2.00 bits per heavy atom. The zero-order valence-corrected chi connectivity index (χ0v) is 9.12. The summed E-state index contributed by atoms with van der Waals surface area (Å²) in [5.41, 5.74) is 2.80. The van der Waals surface area contributed by atoms with Gasteiger partial charge in [-0.3, -0.25) is 0 Å². The molecule has 0 spiro atoms. The molecule has 0 aromatic carbocycles. The molecule has 0 aliphatic carbocycles. The molecule has 0 unspecified atom stereocenters. The summed E-state index contributed by atoms with van der Waals surface area (Å²) in [7, 11) is 0. The van der Waals surface area contributed by atoms with E-state index in [1.54, 1.807) is 0 Å². The van der Waals surface area contributed by atoms with Gasteiger partial charge in [-0.1, -0.05) is 5.57 Å². The Labute approximate surface area is 75.8 Å². The Morgan fingerprint density at radius 2 is 1.58 bits per heavy atom. The first kappa shape index (κ1) is 9.79. The van der Waals surface area contributed by atoms with Gasteiger partial charge >= 0.3 is 0 Å². The second-order valence-corrected chi connectivity index (χ2v) is 4.95. The maximum absolute atomic E-state index is 5.99. The fourth-order valence-corrected chi connectivity index (χ4v) is 2.09. The smallest absolute Gasteiger partial charge is 0.0842 e. The molecule has 12 heavy (non-hydrogen) atoms. The van der Waals surface area contributed by atoms with Crippen LogP contribution < -0.4 is 0 Å². The highest BCUT2D eigenvalue weighted by molar-refractivity contribution is 5.23. The van der Waals surface area contributed by atoms with Crippen molar-refractivity contribution < 1.29 is 4.74 Å². The van der Waals surface area contributed by atoms with Crippen LogP contribution in [0.4, 0.5) is 0 Å². The van der Waals surface area contributed by atoms with Crippen molar-refractivity contribution in [3.05, 3.63) is 11.1 Å². The van der Waals surface area contributed by atoms with E-state index in [0.717, 1.165) is 6.42 Å². The first-order chi connectivity index (χ1) is 5.25. The molecule has 0 atom stereocenters. The zero-order chi connectivity index (χ0) is 9.57. The Bertz CT molecular complexity index is 221. The van der Waals surface area contributed by atoms with Gasteiger partial charge in [0.15, 0.2) is 0 Å². The van der Waals surface area contributed by atoms with Gasteiger partial charge < -0.3 is 4.74 Å². The summed E-state index contributed by atoms with van der Waals surface area (Å²) in [6.45, 7) is 13.0. The van der Waals surface area contributed by atoms with Crippen LogP contribution in [0, 0.1) is 0 Å². The molecule has 0 aromatic rings. The van der Waals surface area contributed by atoms with Gasteiger partial charge in [-0.2, -0.15) is 0 Å².